The highest BCUT2D eigenvalue weighted by Gasteiger charge is 2.40. The van der Waals surface area contributed by atoms with E-state index in [1.807, 2.05) is 11.0 Å². The molecule has 37 heavy (non-hydrogen) atoms. The maximum Gasteiger partial charge on any atom is 0.414 e. The van der Waals surface area contributed by atoms with E-state index in [1.165, 1.54) is 7.11 Å². The fraction of sp³-hybridized carbons (Fsp3) is 0.423. The topological polar surface area (TPSA) is 106 Å². The molecule has 3 aliphatic rings. The van der Waals surface area contributed by atoms with Crippen molar-refractivity contribution in [1.29, 1.82) is 0 Å². The summed E-state index contributed by atoms with van der Waals surface area (Å²) < 4.78 is 37.0. The van der Waals surface area contributed by atoms with E-state index in [0.29, 0.717) is 61.4 Å². The number of aliphatic hydroxyl groups excluding tert-OH is 1. The molecule has 3 atom stereocenters. The second kappa shape index (κ2) is 9.64. The van der Waals surface area contributed by atoms with Crippen molar-refractivity contribution in [1.82, 2.24) is 14.9 Å². The summed E-state index contributed by atoms with van der Waals surface area (Å²) in [7, 11) is 1.47. The van der Waals surface area contributed by atoms with E-state index in [2.05, 4.69) is 9.97 Å². The number of fused-ring (bicyclic) bond motifs is 3. The highest BCUT2D eigenvalue weighted by atomic mass is 19.1. The van der Waals surface area contributed by atoms with Crippen LogP contribution in [0.2, 0.25) is 0 Å². The number of β-amino-alcohol motifs (C(OH)–C–C–N with tert-alkyl or cyclic N) is 1. The Morgan fingerprint density at radius 1 is 1.19 bits per heavy atom. The minimum absolute atomic E-state index is 0.0800. The molecular weight excluding hydrogens is 483 g/mol. The lowest BCUT2D eigenvalue weighted by Crippen LogP contribution is -2.56. The molecule has 1 N–H and O–H groups in total. The minimum Gasteiger partial charge on any atom is -0.486 e. The Hall–Kier alpha value is -3.70. The van der Waals surface area contributed by atoms with Crippen LogP contribution in [0.5, 0.6) is 17.4 Å². The number of rotatable bonds is 5. The molecule has 194 valence electrons. The third-order valence-electron chi connectivity index (χ3n) is 7.16. The molecule has 0 radical (unpaired) electrons. The number of methoxy groups -OCH3 is 1. The summed E-state index contributed by atoms with van der Waals surface area (Å²) in [6, 6.07) is 8.76. The average Bonchev–Trinajstić information content (AvgIpc) is 2.91. The number of benzene rings is 1. The van der Waals surface area contributed by atoms with Crippen LogP contribution in [0, 0.1) is 11.7 Å². The van der Waals surface area contributed by atoms with E-state index < -0.39 is 18.0 Å². The Morgan fingerprint density at radius 3 is 2.86 bits per heavy atom. The summed E-state index contributed by atoms with van der Waals surface area (Å²) in [5, 5.41) is 11.0. The number of hydrogen-bond donors (Lipinski definition) is 1. The van der Waals surface area contributed by atoms with E-state index in [1.54, 1.807) is 29.2 Å². The van der Waals surface area contributed by atoms with Crippen molar-refractivity contribution >= 4 is 22.8 Å². The number of pyridine rings is 2. The first-order valence-electron chi connectivity index (χ1n) is 12.3. The summed E-state index contributed by atoms with van der Waals surface area (Å²) >= 11 is 0. The SMILES string of the molecule is COc1ccc2ncc(F)c(C(O)CN3CC[C@@H]4CN(c5ccc6c(c5)OCCO6)C(=O)OC4C3)c2n1. The van der Waals surface area contributed by atoms with Crippen LogP contribution in [0.1, 0.15) is 18.1 Å². The molecule has 3 aliphatic heterocycles. The van der Waals surface area contributed by atoms with E-state index in [0.717, 1.165) is 12.6 Å². The standard InChI is InChI=1S/C26H27FN4O6/c1-34-23-5-3-18-25(29-23)24(17(27)11-28-18)19(32)13-30-7-6-15-12-31(26(33)37-22(15)14-30)16-2-4-20-21(10-16)36-9-8-35-20/h2-5,10-11,15,19,22,32H,6-9,12-14H2,1H3/t15-,19?,22?/m1/s1. The van der Waals surface area contributed by atoms with Gasteiger partial charge in [-0.1, -0.05) is 0 Å². The number of piperidine rings is 1. The number of likely N-dealkylation sites (tertiary alicyclic amines) is 1. The summed E-state index contributed by atoms with van der Waals surface area (Å²) in [5.41, 5.74) is 1.52. The van der Waals surface area contributed by atoms with Crippen LogP contribution in [-0.4, -0.2) is 78.7 Å². The summed E-state index contributed by atoms with van der Waals surface area (Å²) in [6.45, 7) is 2.78. The van der Waals surface area contributed by atoms with Gasteiger partial charge in [0.1, 0.15) is 30.7 Å². The first-order valence-corrected chi connectivity index (χ1v) is 12.3. The number of ether oxygens (including phenoxy) is 4. The molecule has 1 amide bonds. The molecule has 5 heterocycles. The largest absolute Gasteiger partial charge is 0.486 e. The number of aliphatic hydroxyl groups is 1. The van der Waals surface area contributed by atoms with Crippen LogP contribution >= 0.6 is 0 Å². The Kier molecular flexibility index (Phi) is 6.17. The van der Waals surface area contributed by atoms with Gasteiger partial charge in [-0.05, 0) is 31.2 Å². The molecule has 3 aromatic rings. The zero-order valence-corrected chi connectivity index (χ0v) is 20.3. The monoisotopic (exact) mass is 510 g/mol. The van der Waals surface area contributed by atoms with Crippen molar-refractivity contribution in [2.45, 2.75) is 18.6 Å². The molecule has 2 fully saturated rings. The highest BCUT2D eigenvalue weighted by molar-refractivity contribution is 5.89. The van der Waals surface area contributed by atoms with Crippen molar-refractivity contribution in [2.75, 3.05) is 51.4 Å². The highest BCUT2D eigenvalue weighted by Crippen LogP contribution is 2.37. The Labute approximate surface area is 212 Å². The zero-order chi connectivity index (χ0) is 25.5. The molecule has 0 saturated carbocycles. The van der Waals surface area contributed by atoms with E-state index in [-0.39, 0.29) is 29.6 Å². The maximum atomic E-state index is 14.8. The zero-order valence-electron chi connectivity index (χ0n) is 20.3. The predicted octanol–water partition coefficient (Wildman–Crippen LogP) is 2.93. The minimum atomic E-state index is -1.14. The summed E-state index contributed by atoms with van der Waals surface area (Å²) in [4.78, 5) is 24.9. The van der Waals surface area contributed by atoms with Crippen molar-refractivity contribution in [3.63, 3.8) is 0 Å². The summed E-state index contributed by atoms with van der Waals surface area (Å²) in [6.07, 6.45) is -0.0364. The molecule has 2 saturated heterocycles. The lowest BCUT2D eigenvalue weighted by molar-refractivity contribution is -0.0188. The molecule has 11 heteroatoms. The fourth-order valence-corrected chi connectivity index (χ4v) is 5.26. The van der Waals surface area contributed by atoms with Gasteiger partial charge in [0, 0.05) is 43.2 Å². The number of carbonyl (C=O) groups excluding carboxylic acids is 1. The van der Waals surface area contributed by atoms with Crippen LogP contribution in [0.4, 0.5) is 14.9 Å². The third kappa shape index (κ3) is 4.49. The van der Waals surface area contributed by atoms with Gasteiger partial charge in [0.15, 0.2) is 11.5 Å². The number of nitrogens with zero attached hydrogens (tertiary/aromatic N) is 4. The molecule has 0 bridgehead atoms. The van der Waals surface area contributed by atoms with Crippen LogP contribution in [0.25, 0.3) is 11.0 Å². The van der Waals surface area contributed by atoms with Gasteiger partial charge in [0.05, 0.1) is 30.6 Å². The lowest BCUT2D eigenvalue weighted by Gasteiger charge is -2.44. The van der Waals surface area contributed by atoms with Crippen LogP contribution in [0.15, 0.2) is 36.5 Å². The van der Waals surface area contributed by atoms with Crippen LogP contribution in [-0.2, 0) is 4.74 Å². The third-order valence-corrected chi connectivity index (χ3v) is 7.16. The fourth-order valence-electron chi connectivity index (χ4n) is 5.26. The Morgan fingerprint density at radius 2 is 2.03 bits per heavy atom. The Bertz CT molecular complexity index is 1340. The van der Waals surface area contributed by atoms with Gasteiger partial charge in [0.25, 0.3) is 0 Å². The van der Waals surface area contributed by atoms with Gasteiger partial charge >= 0.3 is 6.09 Å². The van der Waals surface area contributed by atoms with Crippen LogP contribution in [0.3, 0.4) is 0 Å². The molecule has 10 nitrogen and oxygen atoms in total. The molecule has 2 aromatic heterocycles. The van der Waals surface area contributed by atoms with Gasteiger partial charge in [0.2, 0.25) is 5.88 Å². The number of anilines is 1. The molecule has 0 aliphatic carbocycles. The number of aromatic nitrogens is 2. The molecule has 1 aromatic carbocycles. The van der Waals surface area contributed by atoms with E-state index >= 15 is 0 Å². The molecular formula is C26H27FN4O6. The van der Waals surface area contributed by atoms with Crippen molar-refractivity contribution in [3.05, 3.63) is 47.9 Å². The van der Waals surface area contributed by atoms with Gasteiger partial charge < -0.3 is 24.1 Å². The first kappa shape index (κ1) is 23.7. The molecule has 6 rings (SSSR count). The normalized spacial score (nSPS) is 22.4. The van der Waals surface area contributed by atoms with Gasteiger partial charge in [-0.3, -0.25) is 14.8 Å². The van der Waals surface area contributed by atoms with Gasteiger partial charge in [-0.25, -0.2) is 14.2 Å². The van der Waals surface area contributed by atoms with Crippen LogP contribution < -0.4 is 19.1 Å². The number of amides is 1. The van der Waals surface area contributed by atoms with Crippen molar-refractivity contribution in [2.24, 2.45) is 5.92 Å². The predicted molar refractivity (Wildman–Crippen MR) is 131 cm³/mol. The smallest absolute Gasteiger partial charge is 0.414 e. The maximum absolute atomic E-state index is 14.8. The quantitative estimate of drug-likeness (QED) is 0.555. The number of hydrogen-bond acceptors (Lipinski definition) is 9. The second-order valence-electron chi connectivity index (χ2n) is 9.43. The second-order valence-corrected chi connectivity index (χ2v) is 9.43. The lowest BCUT2D eigenvalue weighted by atomic mass is 9.91. The van der Waals surface area contributed by atoms with E-state index in [4.69, 9.17) is 18.9 Å². The Balaban J connectivity index is 1.14. The average molecular weight is 511 g/mol. The molecule has 2 unspecified atom stereocenters. The van der Waals surface area contributed by atoms with Crippen molar-refractivity contribution < 1.29 is 33.2 Å². The number of halogens is 1. The van der Waals surface area contributed by atoms with Crippen molar-refractivity contribution in [3.8, 4) is 17.4 Å². The number of carbonyl (C=O) groups is 1. The molecule has 0 spiro atoms. The summed E-state index contributed by atoms with van der Waals surface area (Å²) in [5.74, 6) is 1.09. The van der Waals surface area contributed by atoms with Gasteiger partial charge in [-0.15, -0.1) is 0 Å². The van der Waals surface area contributed by atoms with E-state index in [9.17, 15) is 14.3 Å². The first-order chi connectivity index (χ1) is 18.0. The van der Waals surface area contributed by atoms with Gasteiger partial charge in [-0.2, -0.15) is 0 Å².